The Morgan fingerprint density at radius 1 is 1.38 bits per heavy atom. The third kappa shape index (κ3) is 1.97. The van der Waals surface area contributed by atoms with Crippen molar-refractivity contribution in [3.05, 3.63) is 23.8 Å². The molecular weight excluding hydrogens is 259 g/mol. The van der Waals surface area contributed by atoms with Crippen LogP contribution in [0.15, 0.2) is 22.5 Å². The fraction of sp³-hybridized carbons (Fsp3) is 0.222. The number of para-hydroxylation sites is 1. The van der Waals surface area contributed by atoms with E-state index in [1.54, 1.807) is 6.07 Å². The number of nitrogens with zero attached hydrogens (tertiary/aromatic N) is 1. The van der Waals surface area contributed by atoms with Gasteiger partial charge in [0.15, 0.2) is 4.34 Å². The second-order valence-corrected chi connectivity index (χ2v) is 5.67. The zero-order valence-corrected chi connectivity index (χ0v) is 9.67. The van der Waals surface area contributed by atoms with E-state index in [2.05, 4.69) is 4.98 Å². The molecular formula is C9H6F3NOS2. The van der Waals surface area contributed by atoms with Crippen LogP contribution in [0.5, 0.6) is 0 Å². The minimum absolute atomic E-state index is 0.120. The quantitative estimate of drug-likeness (QED) is 0.793. The number of alkyl halides is 3. The van der Waals surface area contributed by atoms with E-state index >= 15 is 0 Å². The van der Waals surface area contributed by atoms with E-state index in [0.29, 0.717) is 4.70 Å². The van der Waals surface area contributed by atoms with Gasteiger partial charge in [-0.2, -0.15) is 13.2 Å². The first-order valence-electron chi connectivity index (χ1n) is 4.20. The van der Waals surface area contributed by atoms with Crippen LogP contribution in [0.4, 0.5) is 13.2 Å². The lowest BCUT2D eigenvalue weighted by atomic mass is 10.2. The SMILES string of the molecule is CS(=O)c1nc2c(C(F)(F)F)cccc2s1. The summed E-state index contributed by atoms with van der Waals surface area (Å²) in [5.41, 5.74) is -0.900. The number of rotatable bonds is 1. The minimum atomic E-state index is -4.43. The van der Waals surface area contributed by atoms with Crippen molar-refractivity contribution in [2.45, 2.75) is 10.5 Å². The molecule has 0 N–H and O–H groups in total. The van der Waals surface area contributed by atoms with E-state index in [1.807, 2.05) is 0 Å². The van der Waals surface area contributed by atoms with Crippen molar-refractivity contribution in [3.8, 4) is 0 Å². The molecule has 1 aromatic carbocycles. The number of halogens is 3. The molecule has 0 fully saturated rings. The fourth-order valence-corrected chi connectivity index (χ4v) is 2.96. The summed E-state index contributed by atoms with van der Waals surface area (Å²) in [5.74, 6) is 0. The molecule has 0 bridgehead atoms. The van der Waals surface area contributed by atoms with Crippen LogP contribution < -0.4 is 0 Å². The van der Waals surface area contributed by atoms with Gasteiger partial charge in [0, 0.05) is 6.26 Å². The molecule has 0 amide bonds. The molecule has 2 nitrogen and oxygen atoms in total. The first-order valence-corrected chi connectivity index (χ1v) is 6.57. The molecule has 2 aromatic rings. The third-order valence-electron chi connectivity index (χ3n) is 1.95. The van der Waals surface area contributed by atoms with Crippen LogP contribution >= 0.6 is 11.3 Å². The molecule has 0 spiro atoms. The second kappa shape index (κ2) is 3.81. The van der Waals surface area contributed by atoms with E-state index in [0.717, 1.165) is 17.4 Å². The molecule has 1 atom stereocenters. The summed E-state index contributed by atoms with van der Waals surface area (Å²) < 4.78 is 49.6. The number of hydrogen-bond donors (Lipinski definition) is 0. The van der Waals surface area contributed by atoms with Gasteiger partial charge in [-0.15, -0.1) is 11.3 Å². The van der Waals surface area contributed by atoms with Crippen LogP contribution in [0.3, 0.4) is 0 Å². The van der Waals surface area contributed by atoms with Gasteiger partial charge >= 0.3 is 6.18 Å². The van der Waals surface area contributed by atoms with E-state index < -0.39 is 22.5 Å². The smallest absolute Gasteiger partial charge is 0.252 e. The molecule has 0 saturated carbocycles. The Kier molecular flexibility index (Phi) is 2.75. The maximum atomic E-state index is 12.6. The Labute approximate surface area is 95.6 Å². The molecule has 0 radical (unpaired) electrons. The van der Waals surface area contributed by atoms with Crippen molar-refractivity contribution in [1.82, 2.24) is 4.98 Å². The van der Waals surface area contributed by atoms with Crippen molar-refractivity contribution in [2.75, 3.05) is 6.26 Å². The fourth-order valence-electron chi connectivity index (χ4n) is 1.28. The van der Waals surface area contributed by atoms with Gasteiger partial charge in [-0.05, 0) is 12.1 Å². The van der Waals surface area contributed by atoms with E-state index in [4.69, 9.17) is 0 Å². The predicted molar refractivity (Wildman–Crippen MR) is 57.0 cm³/mol. The Bertz CT molecular complexity index is 561. The molecule has 0 aliphatic heterocycles. The van der Waals surface area contributed by atoms with Gasteiger partial charge in [0.05, 0.1) is 26.6 Å². The molecule has 0 saturated heterocycles. The normalized spacial score (nSPS) is 14.2. The van der Waals surface area contributed by atoms with Gasteiger partial charge in [-0.3, -0.25) is 4.21 Å². The van der Waals surface area contributed by atoms with E-state index in [-0.39, 0.29) is 9.86 Å². The molecule has 0 aliphatic rings. The number of aromatic nitrogens is 1. The molecule has 1 heterocycles. The van der Waals surface area contributed by atoms with Gasteiger partial charge in [0.2, 0.25) is 0 Å². The molecule has 16 heavy (non-hydrogen) atoms. The highest BCUT2D eigenvalue weighted by Crippen LogP contribution is 2.36. The summed E-state index contributed by atoms with van der Waals surface area (Å²) in [7, 11) is -1.36. The molecule has 2 rings (SSSR count). The number of benzene rings is 1. The van der Waals surface area contributed by atoms with Crippen LogP contribution in [0, 0.1) is 0 Å². The van der Waals surface area contributed by atoms with E-state index in [1.165, 1.54) is 12.3 Å². The highest BCUT2D eigenvalue weighted by Gasteiger charge is 2.33. The number of thiazole rings is 1. The summed E-state index contributed by atoms with van der Waals surface area (Å²) in [6, 6.07) is 3.84. The molecule has 1 unspecified atom stereocenters. The number of fused-ring (bicyclic) bond motifs is 1. The lowest BCUT2D eigenvalue weighted by molar-refractivity contribution is -0.136. The third-order valence-corrected chi connectivity index (χ3v) is 4.30. The lowest BCUT2D eigenvalue weighted by Crippen LogP contribution is -2.05. The zero-order chi connectivity index (χ0) is 11.9. The lowest BCUT2D eigenvalue weighted by Gasteiger charge is -2.05. The number of hydrogen-bond acceptors (Lipinski definition) is 3. The molecule has 7 heteroatoms. The van der Waals surface area contributed by atoms with Crippen LogP contribution in [-0.4, -0.2) is 15.4 Å². The highest BCUT2D eigenvalue weighted by molar-refractivity contribution is 7.86. The summed E-state index contributed by atoms with van der Waals surface area (Å²) in [6.07, 6.45) is -3.04. The van der Waals surface area contributed by atoms with Crippen molar-refractivity contribution in [3.63, 3.8) is 0 Å². The summed E-state index contributed by atoms with van der Waals surface area (Å²) in [6.45, 7) is 0. The largest absolute Gasteiger partial charge is 0.418 e. The Balaban J connectivity index is 2.73. The van der Waals surface area contributed by atoms with Crippen molar-refractivity contribution >= 4 is 32.4 Å². The summed E-state index contributed by atoms with van der Waals surface area (Å²) in [5, 5.41) is 0. The van der Waals surface area contributed by atoms with Gasteiger partial charge in [-0.25, -0.2) is 4.98 Å². The Hall–Kier alpha value is -0.950. The maximum Gasteiger partial charge on any atom is 0.418 e. The standard InChI is InChI=1S/C9H6F3NOS2/c1-16(14)8-13-7-5(9(10,11)12)3-2-4-6(7)15-8/h2-4H,1H3. The molecule has 1 aromatic heterocycles. The van der Waals surface area contributed by atoms with Gasteiger partial charge in [0.25, 0.3) is 0 Å². The van der Waals surface area contributed by atoms with Crippen LogP contribution in [0.2, 0.25) is 0 Å². The monoisotopic (exact) mass is 265 g/mol. The maximum absolute atomic E-state index is 12.6. The van der Waals surface area contributed by atoms with Crippen molar-refractivity contribution < 1.29 is 17.4 Å². The topological polar surface area (TPSA) is 30.0 Å². The summed E-state index contributed by atoms with van der Waals surface area (Å²) in [4.78, 5) is 3.78. The van der Waals surface area contributed by atoms with Crippen LogP contribution in [-0.2, 0) is 17.0 Å². The average molecular weight is 265 g/mol. The van der Waals surface area contributed by atoms with Gasteiger partial charge < -0.3 is 0 Å². The van der Waals surface area contributed by atoms with Gasteiger partial charge in [-0.1, -0.05) is 6.07 Å². The Morgan fingerprint density at radius 3 is 2.62 bits per heavy atom. The van der Waals surface area contributed by atoms with Crippen molar-refractivity contribution in [1.29, 1.82) is 0 Å². The predicted octanol–water partition coefficient (Wildman–Crippen LogP) is 3.05. The molecule has 0 aliphatic carbocycles. The highest BCUT2D eigenvalue weighted by atomic mass is 32.2. The summed E-state index contributed by atoms with van der Waals surface area (Å²) >= 11 is 1.02. The first-order chi connectivity index (χ1) is 7.39. The first kappa shape index (κ1) is 11.5. The Morgan fingerprint density at radius 2 is 2.06 bits per heavy atom. The van der Waals surface area contributed by atoms with Crippen molar-refractivity contribution in [2.24, 2.45) is 0 Å². The zero-order valence-electron chi connectivity index (χ0n) is 8.04. The van der Waals surface area contributed by atoms with Crippen LogP contribution in [0.1, 0.15) is 5.56 Å². The average Bonchev–Trinajstić information content (AvgIpc) is 2.58. The minimum Gasteiger partial charge on any atom is -0.252 e. The van der Waals surface area contributed by atoms with E-state index in [9.17, 15) is 17.4 Å². The van der Waals surface area contributed by atoms with Crippen LogP contribution in [0.25, 0.3) is 10.2 Å². The molecule has 86 valence electrons. The van der Waals surface area contributed by atoms with Gasteiger partial charge in [0.1, 0.15) is 0 Å². The second-order valence-electron chi connectivity index (χ2n) is 3.08.